The van der Waals surface area contributed by atoms with E-state index in [1.54, 1.807) is 0 Å². The molecule has 4 rings (SSSR count). The maximum absolute atomic E-state index is 11.3. The second kappa shape index (κ2) is 8.52. The average molecular weight is 419 g/mol. The van der Waals surface area contributed by atoms with E-state index in [1.165, 1.54) is 31.3 Å². The zero-order valence-corrected chi connectivity index (χ0v) is 19.8. The fourth-order valence-electron chi connectivity index (χ4n) is 8.72. The van der Waals surface area contributed by atoms with E-state index in [4.69, 9.17) is 0 Å². The van der Waals surface area contributed by atoms with Gasteiger partial charge in [0.05, 0.1) is 12.2 Å². The van der Waals surface area contributed by atoms with Gasteiger partial charge < -0.3 is 15.3 Å². The third kappa shape index (κ3) is 3.71. The molecule has 3 heteroatoms. The third-order valence-corrected chi connectivity index (χ3v) is 10.5. The molecular weight excluding hydrogens is 372 g/mol. The summed E-state index contributed by atoms with van der Waals surface area (Å²) in [5.41, 5.74) is 2.02. The van der Waals surface area contributed by atoms with Crippen molar-refractivity contribution in [2.75, 3.05) is 6.61 Å². The highest BCUT2D eigenvalue weighted by molar-refractivity contribution is 5.26. The second-order valence-electron chi connectivity index (χ2n) is 12.2. The molecule has 0 bridgehead atoms. The Morgan fingerprint density at radius 2 is 1.87 bits per heavy atom. The summed E-state index contributed by atoms with van der Waals surface area (Å²) in [6, 6.07) is 0. The summed E-state index contributed by atoms with van der Waals surface area (Å²) in [4.78, 5) is 0. The monoisotopic (exact) mass is 418 g/mol. The van der Waals surface area contributed by atoms with E-state index >= 15 is 0 Å². The van der Waals surface area contributed by atoms with Crippen LogP contribution in [0, 0.1) is 46.3 Å². The van der Waals surface area contributed by atoms with Crippen LogP contribution in [0.2, 0.25) is 0 Å². The van der Waals surface area contributed by atoms with Crippen molar-refractivity contribution < 1.29 is 15.3 Å². The van der Waals surface area contributed by atoms with Crippen LogP contribution in [-0.2, 0) is 0 Å². The summed E-state index contributed by atoms with van der Waals surface area (Å²) in [5, 5.41) is 30.9. The number of aliphatic hydroxyl groups is 3. The van der Waals surface area contributed by atoms with E-state index in [0.29, 0.717) is 42.1 Å². The lowest BCUT2D eigenvalue weighted by molar-refractivity contribution is -0.0816. The lowest BCUT2D eigenvalue weighted by Gasteiger charge is -2.58. The molecule has 172 valence electrons. The highest BCUT2D eigenvalue weighted by Crippen LogP contribution is 2.67. The Bertz CT molecular complexity index is 644. The molecule has 3 fully saturated rings. The van der Waals surface area contributed by atoms with Gasteiger partial charge >= 0.3 is 0 Å². The van der Waals surface area contributed by atoms with Crippen LogP contribution in [-0.4, -0.2) is 34.1 Å². The van der Waals surface area contributed by atoms with E-state index in [1.807, 2.05) is 0 Å². The van der Waals surface area contributed by atoms with Crippen molar-refractivity contribution in [2.24, 2.45) is 46.3 Å². The van der Waals surface area contributed by atoms with Crippen molar-refractivity contribution in [3.8, 4) is 0 Å². The van der Waals surface area contributed by atoms with Crippen LogP contribution < -0.4 is 0 Å². The average Bonchev–Trinajstić information content (AvgIpc) is 2.99. The molecule has 0 aliphatic heterocycles. The summed E-state index contributed by atoms with van der Waals surface area (Å²) < 4.78 is 0. The quantitative estimate of drug-likeness (QED) is 0.511. The van der Waals surface area contributed by atoms with E-state index in [9.17, 15) is 15.3 Å². The zero-order valence-electron chi connectivity index (χ0n) is 19.8. The van der Waals surface area contributed by atoms with E-state index in [0.717, 1.165) is 38.5 Å². The Morgan fingerprint density at radius 3 is 2.60 bits per heavy atom. The van der Waals surface area contributed by atoms with Crippen LogP contribution in [0.3, 0.4) is 0 Å². The minimum atomic E-state index is -0.153. The van der Waals surface area contributed by atoms with Crippen LogP contribution in [0.5, 0.6) is 0 Å². The predicted molar refractivity (Wildman–Crippen MR) is 122 cm³/mol. The first kappa shape index (κ1) is 22.8. The molecule has 0 amide bonds. The summed E-state index contributed by atoms with van der Waals surface area (Å²) in [7, 11) is 0. The number of aliphatic hydroxyl groups excluding tert-OH is 3. The molecular formula is C27H46O3. The normalized spacial score (nSPS) is 47.6. The van der Waals surface area contributed by atoms with Crippen molar-refractivity contribution in [1.82, 2.24) is 0 Å². The number of rotatable bonds is 6. The first-order chi connectivity index (χ1) is 14.2. The molecule has 3 nitrogen and oxygen atoms in total. The highest BCUT2D eigenvalue weighted by atomic mass is 16.3. The number of hydrogen-bond acceptors (Lipinski definition) is 3. The Balaban J connectivity index is 1.50. The first-order valence-electron chi connectivity index (χ1n) is 12.9. The molecule has 0 radical (unpaired) electrons. The molecule has 3 N–H and O–H groups in total. The fraction of sp³-hybridized carbons (Fsp3) is 0.926. The van der Waals surface area contributed by atoms with Crippen LogP contribution >= 0.6 is 0 Å². The van der Waals surface area contributed by atoms with Crippen molar-refractivity contribution in [3.63, 3.8) is 0 Å². The van der Waals surface area contributed by atoms with Crippen LogP contribution in [0.15, 0.2) is 11.6 Å². The van der Waals surface area contributed by atoms with Gasteiger partial charge in [-0.15, -0.1) is 0 Å². The molecule has 3 saturated carbocycles. The number of hydrogen-bond donors (Lipinski definition) is 3. The molecule has 0 aromatic carbocycles. The van der Waals surface area contributed by atoms with Crippen LogP contribution in [0.25, 0.3) is 0 Å². The van der Waals surface area contributed by atoms with Gasteiger partial charge in [-0.3, -0.25) is 0 Å². The molecule has 0 heterocycles. The van der Waals surface area contributed by atoms with Gasteiger partial charge in [0.15, 0.2) is 0 Å². The number of allylic oxidation sites excluding steroid dienone is 1. The van der Waals surface area contributed by atoms with Crippen molar-refractivity contribution in [3.05, 3.63) is 11.6 Å². The first-order valence-corrected chi connectivity index (χ1v) is 12.9. The van der Waals surface area contributed by atoms with Gasteiger partial charge in [0, 0.05) is 6.61 Å². The summed E-state index contributed by atoms with van der Waals surface area (Å²) in [6.45, 7) is 9.83. The van der Waals surface area contributed by atoms with Gasteiger partial charge in [0.1, 0.15) is 0 Å². The molecule has 3 unspecified atom stereocenters. The summed E-state index contributed by atoms with van der Waals surface area (Å²) >= 11 is 0. The Labute approximate surface area is 184 Å². The standard InChI is InChI=1S/C27H46O3/c1-17(16-28)6-5-7-18(2)23-15-24(30)25-21-9-8-19-14-20(29)10-12-26(19,3)22(21)11-13-27(23,25)4/h8,17-18,20-25,28-30H,5-7,9-16H2,1-4H3/t17?,18-,20?,21-,22+,23-,24?,25-,26+,27-/m1/s1. The fourth-order valence-corrected chi connectivity index (χ4v) is 8.72. The smallest absolute Gasteiger partial charge is 0.0579 e. The molecule has 0 spiro atoms. The topological polar surface area (TPSA) is 60.7 Å². The number of fused-ring (bicyclic) bond motifs is 5. The molecule has 0 aromatic heterocycles. The maximum Gasteiger partial charge on any atom is 0.0579 e. The minimum absolute atomic E-state index is 0.148. The molecule has 30 heavy (non-hydrogen) atoms. The largest absolute Gasteiger partial charge is 0.396 e. The maximum atomic E-state index is 11.3. The molecule has 0 saturated heterocycles. The molecule has 4 aliphatic rings. The Hall–Kier alpha value is -0.380. The van der Waals surface area contributed by atoms with Crippen molar-refractivity contribution in [2.45, 2.75) is 104 Å². The summed E-state index contributed by atoms with van der Waals surface area (Å²) in [6.07, 6.45) is 13.2. The Kier molecular flexibility index (Phi) is 6.48. The van der Waals surface area contributed by atoms with Gasteiger partial charge in [-0.2, -0.15) is 0 Å². The molecule has 10 atom stereocenters. The van der Waals surface area contributed by atoms with Gasteiger partial charge in [0.25, 0.3) is 0 Å². The lowest BCUT2D eigenvalue weighted by Crippen LogP contribution is -2.52. The predicted octanol–water partition coefficient (Wildman–Crippen LogP) is 5.33. The summed E-state index contributed by atoms with van der Waals surface area (Å²) in [5.74, 6) is 3.39. The van der Waals surface area contributed by atoms with Gasteiger partial charge in [0.2, 0.25) is 0 Å². The molecule has 0 aromatic rings. The zero-order chi connectivity index (χ0) is 21.7. The van der Waals surface area contributed by atoms with Gasteiger partial charge in [-0.05, 0) is 97.7 Å². The third-order valence-electron chi connectivity index (χ3n) is 10.5. The second-order valence-corrected chi connectivity index (χ2v) is 12.2. The Morgan fingerprint density at radius 1 is 1.10 bits per heavy atom. The van der Waals surface area contributed by atoms with Crippen LogP contribution in [0.1, 0.15) is 91.9 Å². The molecule has 4 aliphatic carbocycles. The highest BCUT2D eigenvalue weighted by Gasteiger charge is 2.61. The van der Waals surface area contributed by atoms with E-state index in [-0.39, 0.29) is 23.0 Å². The van der Waals surface area contributed by atoms with Gasteiger partial charge in [-0.25, -0.2) is 0 Å². The van der Waals surface area contributed by atoms with Crippen LogP contribution in [0.4, 0.5) is 0 Å². The van der Waals surface area contributed by atoms with E-state index < -0.39 is 0 Å². The van der Waals surface area contributed by atoms with Gasteiger partial charge in [-0.1, -0.05) is 52.2 Å². The van der Waals surface area contributed by atoms with Crippen molar-refractivity contribution in [1.29, 1.82) is 0 Å². The SMILES string of the molecule is CC(CO)CCC[C@@H](C)[C@H]1CC(O)[C@H]2[C@@H]3CC=C4CC(O)CC[C@]4(C)[C@H]3CC[C@]12C. The minimum Gasteiger partial charge on any atom is -0.396 e. The van der Waals surface area contributed by atoms with E-state index in [2.05, 4.69) is 33.8 Å². The van der Waals surface area contributed by atoms with Crippen molar-refractivity contribution >= 4 is 0 Å². The lowest BCUT2D eigenvalue weighted by atomic mass is 9.46.